The van der Waals surface area contributed by atoms with Crippen molar-refractivity contribution in [2.24, 2.45) is 0 Å². The molecular weight excluding hydrogens is 380 g/mol. The average Bonchev–Trinajstić information content (AvgIpc) is 3.23. The lowest BCUT2D eigenvalue weighted by atomic mass is 9.89. The molecule has 1 saturated heterocycles. The maximum Gasteiger partial charge on any atom is 0.233 e. The lowest BCUT2D eigenvalue weighted by molar-refractivity contribution is -0.129. The highest BCUT2D eigenvalue weighted by Crippen LogP contribution is 2.28. The van der Waals surface area contributed by atoms with Gasteiger partial charge in [0.15, 0.2) is 5.16 Å². The van der Waals surface area contributed by atoms with E-state index in [1.54, 1.807) is 6.33 Å². The molecule has 0 aliphatic carbocycles. The largest absolute Gasteiger partial charge is 0.342 e. The molecule has 2 heterocycles. The zero-order valence-corrected chi connectivity index (χ0v) is 17.7. The molecule has 29 heavy (non-hydrogen) atoms. The van der Waals surface area contributed by atoms with Crippen LogP contribution in [0.5, 0.6) is 0 Å². The third-order valence-electron chi connectivity index (χ3n) is 5.73. The van der Waals surface area contributed by atoms with Crippen LogP contribution in [-0.2, 0) is 4.79 Å². The molecule has 1 fully saturated rings. The summed E-state index contributed by atoms with van der Waals surface area (Å²) in [6.07, 6.45) is 3.76. The molecule has 3 aromatic rings. The molecule has 0 radical (unpaired) electrons. The molecule has 1 aliphatic rings. The van der Waals surface area contributed by atoms with E-state index in [4.69, 9.17) is 0 Å². The Morgan fingerprint density at radius 3 is 2.55 bits per heavy atom. The fraction of sp³-hybridized carbons (Fsp3) is 0.348. The zero-order chi connectivity index (χ0) is 20.2. The molecule has 1 amide bonds. The minimum Gasteiger partial charge on any atom is -0.342 e. The van der Waals surface area contributed by atoms with E-state index in [0.717, 1.165) is 36.8 Å². The van der Waals surface area contributed by atoms with Crippen molar-refractivity contribution in [3.63, 3.8) is 0 Å². The van der Waals surface area contributed by atoms with Crippen molar-refractivity contribution in [2.45, 2.75) is 37.8 Å². The predicted molar refractivity (Wildman–Crippen MR) is 117 cm³/mol. The number of hydrogen-bond acceptors (Lipinski definition) is 4. The van der Waals surface area contributed by atoms with E-state index in [1.165, 1.54) is 28.5 Å². The maximum atomic E-state index is 12.7. The molecule has 0 atom stereocenters. The summed E-state index contributed by atoms with van der Waals surface area (Å²) in [7, 11) is 0. The number of carbonyl (C=O) groups excluding carboxylic acids is 1. The first kappa shape index (κ1) is 19.7. The normalized spacial score (nSPS) is 14.9. The van der Waals surface area contributed by atoms with Gasteiger partial charge in [-0.25, -0.2) is 0 Å². The predicted octanol–water partition coefficient (Wildman–Crippen LogP) is 4.38. The van der Waals surface area contributed by atoms with Crippen LogP contribution in [0.15, 0.2) is 60.0 Å². The van der Waals surface area contributed by atoms with Crippen molar-refractivity contribution in [3.05, 3.63) is 71.5 Å². The van der Waals surface area contributed by atoms with Gasteiger partial charge >= 0.3 is 0 Å². The van der Waals surface area contributed by atoms with Gasteiger partial charge in [-0.3, -0.25) is 9.36 Å². The third kappa shape index (κ3) is 4.53. The van der Waals surface area contributed by atoms with E-state index in [-0.39, 0.29) is 5.91 Å². The van der Waals surface area contributed by atoms with Gasteiger partial charge in [0.05, 0.1) is 5.75 Å². The van der Waals surface area contributed by atoms with Crippen molar-refractivity contribution in [2.75, 3.05) is 18.8 Å². The molecule has 0 N–H and O–H groups in total. The van der Waals surface area contributed by atoms with E-state index >= 15 is 0 Å². The Labute approximate surface area is 176 Å². The highest BCUT2D eigenvalue weighted by atomic mass is 32.2. The Hall–Kier alpha value is -2.60. The number of thioether (sulfide) groups is 1. The molecule has 6 heteroatoms. The summed E-state index contributed by atoms with van der Waals surface area (Å²) >= 11 is 1.46. The number of carbonyl (C=O) groups is 1. The van der Waals surface area contributed by atoms with E-state index in [2.05, 4.69) is 72.6 Å². The molecule has 0 unspecified atom stereocenters. The highest BCUT2D eigenvalue weighted by Gasteiger charge is 2.24. The lowest BCUT2D eigenvalue weighted by Gasteiger charge is -2.32. The van der Waals surface area contributed by atoms with E-state index in [1.807, 2.05) is 9.47 Å². The zero-order valence-electron chi connectivity index (χ0n) is 16.9. The molecule has 5 nitrogen and oxygen atoms in total. The second-order valence-electron chi connectivity index (χ2n) is 7.61. The first-order valence-electron chi connectivity index (χ1n) is 10.0. The van der Waals surface area contributed by atoms with Crippen LogP contribution in [-0.4, -0.2) is 44.4 Å². The molecule has 2 aromatic carbocycles. The summed E-state index contributed by atoms with van der Waals surface area (Å²) < 4.78 is 1.95. The smallest absolute Gasteiger partial charge is 0.233 e. The Morgan fingerprint density at radius 2 is 1.83 bits per heavy atom. The van der Waals surface area contributed by atoms with Gasteiger partial charge < -0.3 is 4.90 Å². The van der Waals surface area contributed by atoms with Gasteiger partial charge in [0.2, 0.25) is 5.91 Å². The number of amides is 1. The number of benzene rings is 2. The van der Waals surface area contributed by atoms with E-state index in [9.17, 15) is 4.79 Å². The van der Waals surface area contributed by atoms with Gasteiger partial charge in [-0.05, 0) is 61.4 Å². The van der Waals surface area contributed by atoms with Crippen molar-refractivity contribution >= 4 is 17.7 Å². The third-order valence-corrected chi connectivity index (χ3v) is 6.66. The van der Waals surface area contributed by atoms with Crippen LogP contribution in [0.3, 0.4) is 0 Å². The molecule has 0 saturated carbocycles. The number of piperidine rings is 1. The number of rotatable bonds is 5. The van der Waals surface area contributed by atoms with Crippen molar-refractivity contribution < 1.29 is 4.79 Å². The second kappa shape index (κ2) is 8.82. The highest BCUT2D eigenvalue weighted by molar-refractivity contribution is 7.99. The quantitative estimate of drug-likeness (QED) is 0.590. The van der Waals surface area contributed by atoms with E-state index < -0.39 is 0 Å². The molecular formula is C23H26N4OS. The Bertz CT molecular complexity index is 978. The molecule has 1 aliphatic heterocycles. The van der Waals surface area contributed by atoms with Gasteiger partial charge in [-0.2, -0.15) is 0 Å². The minimum absolute atomic E-state index is 0.177. The van der Waals surface area contributed by atoms with Gasteiger partial charge in [0.1, 0.15) is 6.33 Å². The summed E-state index contributed by atoms with van der Waals surface area (Å²) in [6, 6.07) is 16.9. The van der Waals surface area contributed by atoms with Crippen LogP contribution in [0.4, 0.5) is 0 Å². The van der Waals surface area contributed by atoms with Gasteiger partial charge in [-0.15, -0.1) is 10.2 Å². The van der Waals surface area contributed by atoms with Crippen LogP contribution in [0.2, 0.25) is 0 Å². The molecule has 0 bridgehead atoms. The van der Waals surface area contributed by atoms with Crippen LogP contribution < -0.4 is 0 Å². The molecule has 0 spiro atoms. The van der Waals surface area contributed by atoms with Gasteiger partial charge in [0.25, 0.3) is 0 Å². The number of aryl methyl sites for hydroxylation is 2. The average molecular weight is 407 g/mol. The Balaban J connectivity index is 1.34. The van der Waals surface area contributed by atoms with Crippen LogP contribution in [0.1, 0.15) is 35.4 Å². The topological polar surface area (TPSA) is 51.0 Å². The fourth-order valence-corrected chi connectivity index (χ4v) is 4.61. The van der Waals surface area contributed by atoms with Crippen LogP contribution in [0.25, 0.3) is 5.69 Å². The summed E-state index contributed by atoms with van der Waals surface area (Å²) in [4.78, 5) is 14.7. The number of hydrogen-bond donors (Lipinski definition) is 0. The van der Waals surface area contributed by atoms with Gasteiger partial charge in [0, 0.05) is 18.8 Å². The SMILES string of the molecule is Cc1ccc(-n2cnnc2SCC(=O)N2CCC(c3ccccc3)CC2)cc1C. The molecule has 150 valence electrons. The first-order valence-corrected chi connectivity index (χ1v) is 11.0. The summed E-state index contributed by atoms with van der Waals surface area (Å²) in [5.74, 6) is 1.12. The van der Waals surface area contributed by atoms with Crippen molar-refractivity contribution in [3.8, 4) is 5.69 Å². The van der Waals surface area contributed by atoms with Crippen molar-refractivity contribution in [1.29, 1.82) is 0 Å². The maximum absolute atomic E-state index is 12.7. The van der Waals surface area contributed by atoms with Crippen LogP contribution in [0, 0.1) is 13.8 Å². The Morgan fingerprint density at radius 1 is 1.07 bits per heavy atom. The summed E-state index contributed by atoms with van der Waals surface area (Å²) in [5, 5.41) is 9.02. The number of aromatic nitrogens is 3. The second-order valence-corrected chi connectivity index (χ2v) is 8.55. The fourth-order valence-electron chi connectivity index (χ4n) is 3.78. The molecule has 4 rings (SSSR count). The minimum atomic E-state index is 0.177. The van der Waals surface area contributed by atoms with Gasteiger partial charge in [-0.1, -0.05) is 48.2 Å². The lowest BCUT2D eigenvalue weighted by Crippen LogP contribution is -2.39. The summed E-state index contributed by atoms with van der Waals surface area (Å²) in [6.45, 7) is 5.84. The standard InChI is InChI=1S/C23H26N4OS/c1-17-8-9-21(14-18(17)2)27-16-24-25-23(27)29-15-22(28)26-12-10-20(11-13-26)19-6-4-3-5-7-19/h3-9,14,16,20H,10-13,15H2,1-2H3. The Kier molecular flexibility index (Phi) is 6.00. The first-order chi connectivity index (χ1) is 14.1. The van der Waals surface area contributed by atoms with Crippen molar-refractivity contribution in [1.82, 2.24) is 19.7 Å². The number of likely N-dealkylation sites (tertiary alicyclic amines) is 1. The monoisotopic (exact) mass is 406 g/mol. The van der Waals surface area contributed by atoms with Crippen LogP contribution >= 0.6 is 11.8 Å². The molecule has 1 aromatic heterocycles. The van der Waals surface area contributed by atoms with E-state index in [0.29, 0.717) is 11.7 Å². The number of nitrogens with zero attached hydrogens (tertiary/aromatic N) is 4. The summed E-state index contributed by atoms with van der Waals surface area (Å²) in [5.41, 5.74) is 4.89.